The van der Waals surface area contributed by atoms with E-state index in [2.05, 4.69) is 5.32 Å². The second kappa shape index (κ2) is 10.9. The molecule has 3 rings (SSSR count). The van der Waals surface area contributed by atoms with Crippen molar-refractivity contribution in [2.75, 3.05) is 0 Å². The third-order valence-electron chi connectivity index (χ3n) is 5.28. The number of nitrogens with one attached hydrogen (secondary N) is 1. The number of carbonyl (C=O) groups excluding carboxylic acids is 1. The monoisotopic (exact) mass is 485 g/mol. The van der Waals surface area contributed by atoms with Crippen LogP contribution in [0.1, 0.15) is 65.7 Å². The Kier molecular flexibility index (Phi) is 8.93. The topological polar surface area (TPSA) is 66.4 Å². The van der Waals surface area contributed by atoms with Crippen molar-refractivity contribution < 1.29 is 27.9 Å². The van der Waals surface area contributed by atoms with Crippen LogP contribution < -0.4 is 5.32 Å². The van der Waals surface area contributed by atoms with Crippen LogP contribution in [0.2, 0.25) is 0 Å². The van der Waals surface area contributed by atoms with E-state index in [9.17, 15) is 22.8 Å². The molecule has 4 nitrogen and oxygen atoms in total. The van der Waals surface area contributed by atoms with Crippen molar-refractivity contribution in [1.29, 1.82) is 0 Å². The van der Waals surface area contributed by atoms with E-state index in [1.807, 2.05) is 13.8 Å². The number of carbonyl (C=O) groups is 2. The normalized spacial score (nSPS) is 12.1. The summed E-state index contributed by atoms with van der Waals surface area (Å²) in [4.78, 5) is 25.9. The van der Waals surface area contributed by atoms with E-state index in [1.165, 1.54) is 35.6 Å². The van der Waals surface area contributed by atoms with Crippen molar-refractivity contribution in [3.05, 3.63) is 91.7 Å². The first-order valence-corrected chi connectivity index (χ1v) is 10.7. The minimum atomic E-state index is -4.39. The summed E-state index contributed by atoms with van der Waals surface area (Å²) < 4.78 is 38.5. The predicted octanol–water partition coefficient (Wildman–Crippen LogP) is 5.52. The molecule has 170 valence electrons. The number of amides is 1. The minimum absolute atomic E-state index is 0. The van der Waals surface area contributed by atoms with Crippen LogP contribution in [0.4, 0.5) is 13.2 Å². The molecule has 3 aromatic rings. The molecule has 0 aliphatic carbocycles. The molecule has 1 amide bonds. The van der Waals surface area contributed by atoms with Crippen molar-refractivity contribution in [2.45, 2.75) is 39.4 Å². The van der Waals surface area contributed by atoms with Crippen LogP contribution in [0.25, 0.3) is 0 Å². The predicted molar refractivity (Wildman–Crippen MR) is 124 cm³/mol. The van der Waals surface area contributed by atoms with Crippen LogP contribution in [0.15, 0.2) is 48.5 Å². The van der Waals surface area contributed by atoms with Gasteiger partial charge in [0.25, 0.3) is 5.91 Å². The number of rotatable bonds is 6. The summed E-state index contributed by atoms with van der Waals surface area (Å²) in [5.74, 6) is -1.30. The van der Waals surface area contributed by atoms with Crippen molar-refractivity contribution in [1.82, 2.24) is 5.32 Å². The van der Waals surface area contributed by atoms with E-state index in [-0.39, 0.29) is 47.1 Å². The molecule has 1 heterocycles. The summed E-state index contributed by atoms with van der Waals surface area (Å²) in [5.41, 5.74) is 2.22. The first kappa shape index (κ1) is 27.1. The molecule has 1 atom stereocenters. The quantitative estimate of drug-likeness (QED) is 0.452. The second-order valence-corrected chi connectivity index (χ2v) is 8.99. The molecular weight excluding hydrogens is 462 g/mol. The molecule has 9 heteroatoms. The van der Waals surface area contributed by atoms with Gasteiger partial charge in [-0.25, -0.2) is 4.79 Å². The molecule has 0 aliphatic heterocycles. The fraction of sp³-hybridized carbons (Fsp3) is 0.250. The zero-order chi connectivity index (χ0) is 23.6. The van der Waals surface area contributed by atoms with Gasteiger partial charge in [-0.05, 0) is 68.1 Å². The van der Waals surface area contributed by atoms with Gasteiger partial charge in [0.05, 0.1) is 22.7 Å². The van der Waals surface area contributed by atoms with E-state index < -0.39 is 17.7 Å². The van der Waals surface area contributed by atoms with Gasteiger partial charge in [-0.3, -0.25) is 4.79 Å². The van der Waals surface area contributed by atoms with E-state index >= 15 is 0 Å². The zero-order valence-electron chi connectivity index (χ0n) is 17.7. The Hall–Kier alpha value is -2.13. The summed E-state index contributed by atoms with van der Waals surface area (Å²) in [6.07, 6.45) is -4.05. The molecular formula is C24H23F3NNaO3S. The van der Waals surface area contributed by atoms with Crippen molar-refractivity contribution in [2.24, 2.45) is 0 Å². The van der Waals surface area contributed by atoms with Crippen LogP contribution in [0.5, 0.6) is 0 Å². The molecule has 0 saturated carbocycles. The van der Waals surface area contributed by atoms with Gasteiger partial charge in [0.2, 0.25) is 0 Å². The van der Waals surface area contributed by atoms with Crippen molar-refractivity contribution in [3.8, 4) is 0 Å². The van der Waals surface area contributed by atoms with Crippen LogP contribution in [0, 0.1) is 13.8 Å². The number of hydrogen-bond donors (Lipinski definition) is 2. The van der Waals surface area contributed by atoms with E-state index in [4.69, 9.17) is 5.11 Å². The third-order valence-corrected chi connectivity index (χ3v) is 6.34. The number of carboxylic acids is 1. The number of hydrogen-bond acceptors (Lipinski definition) is 3. The first-order valence-electron chi connectivity index (χ1n) is 9.86. The molecule has 0 bridgehead atoms. The Bertz CT molecular complexity index is 1140. The van der Waals surface area contributed by atoms with Gasteiger partial charge < -0.3 is 10.4 Å². The van der Waals surface area contributed by atoms with Gasteiger partial charge in [0, 0.05) is 9.75 Å². The molecule has 0 radical (unpaired) electrons. The molecule has 0 fully saturated rings. The van der Waals surface area contributed by atoms with Crippen LogP contribution in [-0.2, 0) is 12.6 Å². The Morgan fingerprint density at radius 2 is 1.58 bits per heavy atom. The molecule has 0 spiro atoms. The van der Waals surface area contributed by atoms with Crippen LogP contribution >= 0.6 is 11.3 Å². The summed E-state index contributed by atoms with van der Waals surface area (Å²) in [5, 5.41) is 12.0. The Balaban J connectivity index is 0.00000385. The molecule has 33 heavy (non-hydrogen) atoms. The molecule has 0 aliphatic rings. The number of carboxylic acid groups (broad SMARTS) is 1. The Morgan fingerprint density at radius 1 is 1.00 bits per heavy atom. The summed E-state index contributed by atoms with van der Waals surface area (Å²) in [6.45, 7) is 5.54. The second-order valence-electron chi connectivity index (χ2n) is 7.56. The van der Waals surface area contributed by atoms with Crippen molar-refractivity contribution >= 4 is 52.8 Å². The molecule has 2 N–H and O–H groups in total. The van der Waals surface area contributed by atoms with Crippen LogP contribution in [0.3, 0.4) is 0 Å². The number of aromatic carboxylic acids is 1. The molecule has 0 saturated heterocycles. The summed E-state index contributed by atoms with van der Waals surface area (Å²) in [6, 6.07) is 10.9. The Morgan fingerprint density at radius 3 is 2.09 bits per heavy atom. The number of aryl methyl sites for hydroxylation is 2. The van der Waals surface area contributed by atoms with Crippen molar-refractivity contribution in [3.63, 3.8) is 0 Å². The fourth-order valence-corrected chi connectivity index (χ4v) is 4.60. The third kappa shape index (κ3) is 6.47. The van der Waals surface area contributed by atoms with E-state index in [0.717, 1.165) is 33.0 Å². The summed E-state index contributed by atoms with van der Waals surface area (Å²) >= 11 is 1.47. The fourth-order valence-electron chi connectivity index (χ4n) is 3.52. The van der Waals surface area contributed by atoms with Gasteiger partial charge >= 0.3 is 41.7 Å². The molecule has 1 aromatic heterocycles. The molecule has 2 aromatic carbocycles. The van der Waals surface area contributed by atoms with Crippen LogP contribution in [-0.4, -0.2) is 46.5 Å². The standard InChI is InChI=1S/C24H22F3NO3S.Na.H/c1-13(17-6-8-18(9-7-17)23(30)31)28-22(29)21-15(3)32-14(2)20(21)12-16-4-10-19(11-5-16)24(25,26)27;;/h4-11,13H,12H2,1-3H3,(H,28,29)(H,30,31);;/t13-;;/m0../s1. The van der Waals surface area contributed by atoms with Gasteiger partial charge in [-0.1, -0.05) is 24.3 Å². The van der Waals surface area contributed by atoms with Gasteiger partial charge in [-0.15, -0.1) is 11.3 Å². The number of alkyl halides is 3. The van der Waals surface area contributed by atoms with E-state index in [1.54, 1.807) is 19.1 Å². The average Bonchev–Trinajstić information content (AvgIpc) is 3.00. The van der Waals surface area contributed by atoms with Gasteiger partial charge in [-0.2, -0.15) is 13.2 Å². The number of halogens is 3. The average molecular weight is 486 g/mol. The van der Waals surface area contributed by atoms with Gasteiger partial charge in [0.15, 0.2) is 0 Å². The maximum atomic E-state index is 13.1. The van der Waals surface area contributed by atoms with E-state index in [0.29, 0.717) is 17.5 Å². The first-order chi connectivity index (χ1) is 15.0. The molecule has 0 unspecified atom stereocenters. The number of thiophene rings is 1. The maximum absolute atomic E-state index is 13.1. The number of benzene rings is 2. The SMILES string of the molecule is Cc1sc(C)c(C(=O)N[C@@H](C)c2ccc(C(=O)O)cc2)c1Cc1ccc(C(F)(F)F)cc1.[NaH]. The summed E-state index contributed by atoms with van der Waals surface area (Å²) in [7, 11) is 0. The zero-order valence-corrected chi connectivity index (χ0v) is 18.5. The van der Waals surface area contributed by atoms with Gasteiger partial charge in [0.1, 0.15) is 0 Å². The Labute approximate surface area is 216 Å².